The van der Waals surface area contributed by atoms with Crippen LogP contribution in [0.15, 0.2) is 9.05 Å². The van der Waals surface area contributed by atoms with E-state index in [0.717, 1.165) is 43.9 Å². The molecule has 0 bridgehead atoms. The summed E-state index contributed by atoms with van der Waals surface area (Å²) in [5, 5.41) is 22.4. The summed E-state index contributed by atoms with van der Waals surface area (Å²) >= 11 is 0. The van der Waals surface area contributed by atoms with E-state index in [1.54, 1.807) is 26.0 Å². The first-order valence-corrected chi connectivity index (χ1v) is 21.5. The minimum absolute atomic E-state index is 0.000377. The molecule has 2 aliphatic carbocycles. The molecule has 2 aromatic rings. The molecule has 2 amide bonds. The van der Waals surface area contributed by atoms with Crippen LogP contribution in [-0.2, 0) is 37.0 Å². The topological polar surface area (TPSA) is 206 Å². The van der Waals surface area contributed by atoms with Crippen molar-refractivity contribution in [3.8, 4) is 0 Å². The summed E-state index contributed by atoms with van der Waals surface area (Å²) in [4.78, 5) is 59.2. The number of carboxylic acid groups (broad SMARTS) is 1. The molecule has 0 radical (unpaired) electrons. The smallest absolute Gasteiger partial charge is 0.307 e. The zero-order valence-electron chi connectivity index (χ0n) is 36.4. The van der Waals surface area contributed by atoms with Crippen molar-refractivity contribution in [3.63, 3.8) is 0 Å². The Hall–Kier alpha value is -3.92. The lowest BCUT2D eigenvalue weighted by Crippen LogP contribution is -2.32. The molecule has 4 rings (SSSR count). The molecule has 0 aliphatic heterocycles. The van der Waals surface area contributed by atoms with Crippen molar-refractivity contribution in [2.45, 2.75) is 167 Å². The van der Waals surface area contributed by atoms with Gasteiger partial charge >= 0.3 is 11.9 Å². The van der Waals surface area contributed by atoms with Gasteiger partial charge in [-0.2, -0.15) is 9.97 Å². The molecule has 2 heterocycles. The summed E-state index contributed by atoms with van der Waals surface area (Å²) in [6.45, 7) is 6.88. The fraction of sp³-hybridized carbons (Fsp3) is 0.810. The van der Waals surface area contributed by atoms with Crippen LogP contribution in [0, 0.1) is 11.8 Å². The van der Waals surface area contributed by atoms with Gasteiger partial charge in [0.2, 0.25) is 23.6 Å². The Morgan fingerprint density at radius 1 is 0.724 bits per heavy atom. The first-order chi connectivity index (χ1) is 27.6. The maximum Gasteiger partial charge on any atom is 0.307 e. The quantitative estimate of drug-likeness (QED) is 0.111. The number of hydrogen-bond acceptors (Lipinski definition) is 13. The van der Waals surface area contributed by atoms with Crippen LogP contribution in [0.1, 0.15) is 172 Å². The summed E-state index contributed by atoms with van der Waals surface area (Å²) < 4.78 is 16.4. The lowest BCUT2D eigenvalue weighted by atomic mass is 9.84. The molecule has 2 atom stereocenters. The minimum Gasteiger partial charge on any atom is -0.481 e. The summed E-state index contributed by atoms with van der Waals surface area (Å²) in [7, 11) is 6.82. The van der Waals surface area contributed by atoms with Crippen molar-refractivity contribution in [2.24, 2.45) is 11.8 Å². The highest BCUT2D eigenvalue weighted by Crippen LogP contribution is 2.33. The molecular weight excluding hydrogens is 745 g/mol. The number of carbonyl (C=O) groups excluding carboxylic acids is 3. The van der Waals surface area contributed by atoms with Crippen molar-refractivity contribution in [1.82, 2.24) is 40.7 Å². The summed E-state index contributed by atoms with van der Waals surface area (Å²) in [5.74, 6) is 1.78. The van der Waals surface area contributed by atoms with Crippen LogP contribution in [-0.4, -0.2) is 106 Å². The average molecular weight is 817 g/mol. The Morgan fingerprint density at radius 2 is 1.14 bits per heavy atom. The Bertz CT molecular complexity index is 1510. The zero-order valence-corrected chi connectivity index (χ0v) is 36.4. The van der Waals surface area contributed by atoms with Gasteiger partial charge in [-0.15, -0.1) is 0 Å². The SMILES string of the molecule is CNC(=O)CN(C)Cc1noc([C@H](CCCC2CCCCC2)CC(=O)O)n1.CNC(=O)CN(C)Cc1noc([C@H](CCCC2CCCCC2)CC(=O)OC(C)(C)C)n1. The van der Waals surface area contributed by atoms with Gasteiger partial charge in [0.15, 0.2) is 11.6 Å². The second kappa shape index (κ2) is 25.5. The molecule has 58 heavy (non-hydrogen) atoms. The van der Waals surface area contributed by atoms with Crippen molar-refractivity contribution in [2.75, 3.05) is 41.3 Å². The predicted molar refractivity (Wildman–Crippen MR) is 218 cm³/mol. The molecule has 328 valence electrons. The van der Waals surface area contributed by atoms with Crippen LogP contribution in [0.25, 0.3) is 0 Å². The highest BCUT2D eigenvalue weighted by atomic mass is 16.6. The van der Waals surface area contributed by atoms with Crippen LogP contribution in [0.2, 0.25) is 0 Å². The van der Waals surface area contributed by atoms with Gasteiger partial charge in [0.25, 0.3) is 0 Å². The van der Waals surface area contributed by atoms with E-state index in [-0.39, 0.29) is 55.6 Å². The highest BCUT2D eigenvalue weighted by Gasteiger charge is 2.27. The Kier molecular flexibility index (Phi) is 21.3. The fourth-order valence-corrected chi connectivity index (χ4v) is 7.92. The molecule has 2 saturated carbocycles. The van der Waals surface area contributed by atoms with Crippen molar-refractivity contribution in [1.29, 1.82) is 0 Å². The second-order valence-corrected chi connectivity index (χ2v) is 17.4. The number of rotatable bonds is 22. The third-order valence-electron chi connectivity index (χ3n) is 10.9. The number of likely N-dealkylation sites (N-methyl/N-ethyl adjacent to an activating group) is 4. The molecule has 0 aromatic carbocycles. The van der Waals surface area contributed by atoms with E-state index in [0.29, 0.717) is 36.5 Å². The third-order valence-corrected chi connectivity index (χ3v) is 10.9. The lowest BCUT2D eigenvalue weighted by molar-refractivity contribution is -0.155. The van der Waals surface area contributed by atoms with Crippen molar-refractivity contribution < 1.29 is 38.1 Å². The molecule has 3 N–H and O–H groups in total. The van der Waals surface area contributed by atoms with E-state index in [2.05, 4.69) is 30.9 Å². The number of hydrogen-bond donors (Lipinski definition) is 3. The van der Waals surface area contributed by atoms with Crippen LogP contribution >= 0.6 is 0 Å². The first-order valence-electron chi connectivity index (χ1n) is 21.5. The molecular formula is C42H72N8O8. The Labute approximate surface area is 345 Å². The van der Waals surface area contributed by atoms with Crippen molar-refractivity contribution in [3.05, 3.63) is 23.4 Å². The number of aliphatic carboxylic acids is 1. The standard InChI is InChI=1S/C23H40N4O4.C19H32N4O4/c1-23(2,3)30-21(29)14-18(13-9-12-17-10-7-6-8-11-17)22-25-19(26-31-22)15-27(5)16-20(28)24-4;1-20-17(24)13-23(2)12-16-21-19(27-22-16)15(11-18(25)26)10-6-9-14-7-4-3-5-8-14/h17-18H,6-16H2,1-5H3,(H,24,28);14-15H,3-13H2,1-2H3,(H,20,24)(H,25,26)/t18-;15-/m11/s1. The molecule has 2 aliphatic rings. The van der Waals surface area contributed by atoms with Gasteiger partial charge < -0.3 is 29.5 Å². The van der Waals surface area contributed by atoms with Gasteiger partial charge in [-0.3, -0.25) is 29.0 Å². The number of nitrogens with zero attached hydrogens (tertiary/aromatic N) is 6. The van der Waals surface area contributed by atoms with Crippen LogP contribution < -0.4 is 10.6 Å². The van der Waals surface area contributed by atoms with Crippen LogP contribution in [0.5, 0.6) is 0 Å². The monoisotopic (exact) mass is 817 g/mol. The lowest BCUT2D eigenvalue weighted by Gasteiger charge is -2.23. The molecule has 2 aromatic heterocycles. The molecule has 16 nitrogen and oxygen atoms in total. The van der Waals surface area contributed by atoms with Crippen LogP contribution in [0.3, 0.4) is 0 Å². The van der Waals surface area contributed by atoms with Gasteiger partial charge in [0.1, 0.15) is 5.60 Å². The Morgan fingerprint density at radius 3 is 1.52 bits per heavy atom. The molecule has 0 spiro atoms. The number of amides is 2. The van der Waals surface area contributed by atoms with E-state index in [4.69, 9.17) is 13.8 Å². The Balaban J connectivity index is 0.000000313. The number of nitrogens with one attached hydrogen (secondary N) is 2. The third kappa shape index (κ3) is 19.7. The number of carboxylic acids is 1. The molecule has 2 fully saturated rings. The van der Waals surface area contributed by atoms with E-state index in [1.165, 1.54) is 70.6 Å². The molecule has 0 unspecified atom stereocenters. The van der Waals surface area contributed by atoms with E-state index < -0.39 is 11.6 Å². The van der Waals surface area contributed by atoms with Crippen molar-refractivity contribution >= 4 is 23.8 Å². The maximum absolute atomic E-state index is 12.5. The van der Waals surface area contributed by atoms with E-state index >= 15 is 0 Å². The summed E-state index contributed by atoms with van der Waals surface area (Å²) in [5.41, 5.74) is -0.522. The predicted octanol–water partition coefficient (Wildman–Crippen LogP) is 6.37. The maximum atomic E-state index is 12.5. The van der Waals surface area contributed by atoms with Crippen LogP contribution in [0.4, 0.5) is 0 Å². The van der Waals surface area contributed by atoms with Gasteiger partial charge in [-0.05, 0) is 59.5 Å². The second-order valence-electron chi connectivity index (χ2n) is 17.4. The number of aromatic nitrogens is 4. The zero-order chi connectivity index (χ0) is 42.5. The van der Waals surface area contributed by atoms with E-state index in [1.807, 2.05) is 32.7 Å². The van der Waals surface area contributed by atoms with Gasteiger partial charge in [-0.1, -0.05) is 100 Å². The van der Waals surface area contributed by atoms with Gasteiger partial charge in [-0.25, -0.2) is 0 Å². The average Bonchev–Trinajstić information content (AvgIpc) is 3.84. The fourth-order valence-electron chi connectivity index (χ4n) is 7.92. The molecule has 0 saturated heterocycles. The van der Waals surface area contributed by atoms with Gasteiger partial charge in [0, 0.05) is 25.9 Å². The van der Waals surface area contributed by atoms with E-state index in [9.17, 15) is 24.3 Å². The minimum atomic E-state index is -0.853. The largest absolute Gasteiger partial charge is 0.481 e. The summed E-state index contributed by atoms with van der Waals surface area (Å²) in [6.07, 6.45) is 19.4. The summed E-state index contributed by atoms with van der Waals surface area (Å²) in [6, 6.07) is 0. The number of carbonyl (C=O) groups is 4. The van der Waals surface area contributed by atoms with Gasteiger partial charge in [0.05, 0.1) is 39.0 Å². The normalized spacial score (nSPS) is 16.4. The first kappa shape index (κ1) is 48.4. The highest BCUT2D eigenvalue weighted by molar-refractivity contribution is 5.78. The number of esters is 1. The molecule has 16 heteroatoms. The number of ether oxygens (including phenoxy) is 1.